The van der Waals surface area contributed by atoms with Crippen LogP contribution in [0, 0.1) is 0 Å². The maximum absolute atomic E-state index is 5.46. The molecule has 5 nitrogen and oxygen atoms in total. The highest BCUT2D eigenvalue weighted by Gasteiger charge is 2.20. The number of benzene rings is 1. The van der Waals surface area contributed by atoms with Crippen LogP contribution in [0.15, 0.2) is 23.2 Å². The fourth-order valence-electron chi connectivity index (χ4n) is 1.62. The normalized spacial score (nSPS) is 18.9. The fraction of sp³-hybridized carbons (Fsp3) is 0.364. The monoisotopic (exact) mass is 222 g/mol. The molecule has 16 heavy (non-hydrogen) atoms. The second-order valence-electron chi connectivity index (χ2n) is 3.41. The molecular weight excluding hydrogens is 208 g/mol. The molecule has 2 N–H and O–H groups in total. The molecule has 2 rings (SSSR count). The molecular formula is C11H14N2O3. The number of nitrogens with two attached hydrogens (primary N) is 1. The number of hydrogen-bond acceptors (Lipinski definition) is 5. The summed E-state index contributed by atoms with van der Waals surface area (Å²) in [6, 6.07) is 5.84. The number of hydrogen-bond donors (Lipinski definition) is 1. The summed E-state index contributed by atoms with van der Waals surface area (Å²) >= 11 is 0. The second-order valence-corrected chi connectivity index (χ2v) is 3.41. The molecule has 1 aromatic rings. The van der Waals surface area contributed by atoms with Crippen LogP contribution < -0.4 is 15.2 Å². The lowest BCUT2D eigenvalue weighted by atomic mass is 10.1. The van der Waals surface area contributed by atoms with Gasteiger partial charge in [-0.3, -0.25) is 0 Å². The van der Waals surface area contributed by atoms with Crippen LogP contribution in [0.5, 0.6) is 11.5 Å². The first-order valence-corrected chi connectivity index (χ1v) is 4.92. The van der Waals surface area contributed by atoms with Gasteiger partial charge in [-0.2, -0.15) is 0 Å². The summed E-state index contributed by atoms with van der Waals surface area (Å²) in [5, 5.41) is 0. The van der Waals surface area contributed by atoms with Crippen molar-refractivity contribution in [3.63, 3.8) is 0 Å². The molecule has 0 saturated heterocycles. The molecule has 1 heterocycles. The minimum Gasteiger partial charge on any atom is -0.493 e. The Hall–Kier alpha value is -1.91. The van der Waals surface area contributed by atoms with Gasteiger partial charge in [-0.25, -0.2) is 4.99 Å². The Labute approximate surface area is 93.8 Å². The molecule has 1 atom stereocenters. The Morgan fingerprint density at radius 2 is 2.06 bits per heavy atom. The van der Waals surface area contributed by atoms with Crippen LogP contribution in [0.3, 0.4) is 0 Å². The molecule has 0 bridgehead atoms. The minimum atomic E-state index is -0.0557. The number of methoxy groups -OCH3 is 2. The van der Waals surface area contributed by atoms with E-state index in [0.717, 1.165) is 5.56 Å². The smallest absolute Gasteiger partial charge is 0.282 e. The predicted octanol–water partition coefficient (Wildman–Crippen LogP) is 1.09. The molecule has 5 heteroatoms. The van der Waals surface area contributed by atoms with Crippen molar-refractivity contribution in [2.75, 3.05) is 20.8 Å². The highest BCUT2D eigenvalue weighted by Crippen LogP contribution is 2.32. The van der Waals surface area contributed by atoms with Gasteiger partial charge in [0.25, 0.3) is 6.02 Å². The van der Waals surface area contributed by atoms with Crippen LogP contribution in [0.4, 0.5) is 0 Å². The Morgan fingerprint density at radius 1 is 1.31 bits per heavy atom. The van der Waals surface area contributed by atoms with Gasteiger partial charge in [0, 0.05) is 0 Å². The molecule has 0 radical (unpaired) electrons. The number of nitrogens with zero attached hydrogens (tertiary/aromatic N) is 1. The summed E-state index contributed by atoms with van der Waals surface area (Å²) in [7, 11) is 3.21. The molecule has 1 aliphatic heterocycles. The molecule has 0 aromatic heterocycles. The van der Waals surface area contributed by atoms with Crippen LogP contribution in [-0.2, 0) is 4.74 Å². The van der Waals surface area contributed by atoms with Crippen LogP contribution in [0.1, 0.15) is 11.6 Å². The minimum absolute atomic E-state index is 0.0557. The number of rotatable bonds is 3. The number of amidine groups is 1. The second kappa shape index (κ2) is 4.30. The summed E-state index contributed by atoms with van der Waals surface area (Å²) in [5.41, 5.74) is 6.46. The number of aliphatic imine (C=N–C) groups is 1. The zero-order chi connectivity index (χ0) is 11.5. The van der Waals surface area contributed by atoms with Crippen molar-refractivity contribution in [3.05, 3.63) is 23.8 Å². The Morgan fingerprint density at radius 3 is 2.62 bits per heavy atom. The van der Waals surface area contributed by atoms with E-state index in [1.54, 1.807) is 14.2 Å². The van der Waals surface area contributed by atoms with E-state index in [1.807, 2.05) is 18.2 Å². The quantitative estimate of drug-likeness (QED) is 0.831. The molecule has 1 aliphatic rings. The Kier molecular flexibility index (Phi) is 2.85. The highest BCUT2D eigenvalue weighted by molar-refractivity contribution is 5.73. The van der Waals surface area contributed by atoms with Crippen molar-refractivity contribution >= 4 is 6.02 Å². The third kappa shape index (κ3) is 1.88. The topological polar surface area (TPSA) is 66.1 Å². The van der Waals surface area contributed by atoms with Crippen molar-refractivity contribution in [2.45, 2.75) is 6.04 Å². The van der Waals surface area contributed by atoms with E-state index in [2.05, 4.69) is 4.99 Å². The first kappa shape index (κ1) is 10.6. The average molecular weight is 222 g/mol. The van der Waals surface area contributed by atoms with Gasteiger partial charge in [0.05, 0.1) is 14.2 Å². The lowest BCUT2D eigenvalue weighted by molar-refractivity contribution is 0.314. The van der Waals surface area contributed by atoms with E-state index in [9.17, 15) is 0 Å². The molecule has 0 spiro atoms. The molecule has 0 fully saturated rings. The summed E-state index contributed by atoms with van der Waals surface area (Å²) in [6.45, 7) is 0.474. The lowest BCUT2D eigenvalue weighted by Crippen LogP contribution is -2.10. The third-order valence-corrected chi connectivity index (χ3v) is 2.46. The van der Waals surface area contributed by atoms with Crippen molar-refractivity contribution in [3.8, 4) is 11.5 Å². The molecule has 0 amide bonds. The predicted molar refractivity (Wildman–Crippen MR) is 59.9 cm³/mol. The zero-order valence-corrected chi connectivity index (χ0v) is 9.27. The zero-order valence-electron chi connectivity index (χ0n) is 9.27. The molecule has 1 aromatic carbocycles. The molecule has 0 unspecified atom stereocenters. The van der Waals surface area contributed by atoms with Gasteiger partial charge in [-0.1, -0.05) is 6.07 Å². The summed E-state index contributed by atoms with van der Waals surface area (Å²) in [4.78, 5) is 4.17. The van der Waals surface area contributed by atoms with Crippen LogP contribution in [-0.4, -0.2) is 26.8 Å². The summed E-state index contributed by atoms with van der Waals surface area (Å²) in [6.07, 6.45) is 0. The first-order chi connectivity index (χ1) is 7.74. The van der Waals surface area contributed by atoms with Crippen molar-refractivity contribution < 1.29 is 14.2 Å². The maximum Gasteiger partial charge on any atom is 0.282 e. The maximum atomic E-state index is 5.46. The average Bonchev–Trinajstić information content (AvgIpc) is 2.75. The lowest BCUT2D eigenvalue weighted by Gasteiger charge is -2.11. The van der Waals surface area contributed by atoms with Crippen molar-refractivity contribution in [1.82, 2.24) is 0 Å². The molecule has 0 aliphatic carbocycles. The van der Waals surface area contributed by atoms with Gasteiger partial charge in [0.15, 0.2) is 11.5 Å². The van der Waals surface area contributed by atoms with Crippen molar-refractivity contribution in [1.29, 1.82) is 0 Å². The van der Waals surface area contributed by atoms with E-state index in [1.165, 1.54) is 0 Å². The van der Waals surface area contributed by atoms with Crippen LogP contribution in [0.2, 0.25) is 0 Å². The number of ether oxygens (including phenoxy) is 3. The van der Waals surface area contributed by atoms with Gasteiger partial charge in [0.1, 0.15) is 12.6 Å². The Bertz CT molecular complexity index is 418. The summed E-state index contributed by atoms with van der Waals surface area (Å²) in [5.74, 6) is 1.38. The van der Waals surface area contributed by atoms with E-state index in [0.29, 0.717) is 18.1 Å². The van der Waals surface area contributed by atoms with Crippen LogP contribution in [0.25, 0.3) is 0 Å². The standard InChI is InChI=1S/C11H14N2O3/c1-14-9-4-3-7(5-10(9)15-2)8-6-16-11(12)13-8/h3-5,8H,6H2,1-2H3,(H2,12,13)/t8-/m1/s1. The van der Waals surface area contributed by atoms with Gasteiger partial charge in [-0.15, -0.1) is 0 Å². The highest BCUT2D eigenvalue weighted by atomic mass is 16.5. The largest absolute Gasteiger partial charge is 0.493 e. The van der Waals surface area contributed by atoms with Gasteiger partial charge in [0.2, 0.25) is 0 Å². The van der Waals surface area contributed by atoms with Crippen molar-refractivity contribution in [2.24, 2.45) is 10.7 Å². The third-order valence-electron chi connectivity index (χ3n) is 2.46. The SMILES string of the molecule is COc1ccc([C@H]2COC(N)=N2)cc1OC. The van der Waals surface area contributed by atoms with E-state index < -0.39 is 0 Å². The van der Waals surface area contributed by atoms with Crippen LogP contribution >= 0.6 is 0 Å². The first-order valence-electron chi connectivity index (χ1n) is 4.92. The van der Waals surface area contributed by atoms with Gasteiger partial charge in [-0.05, 0) is 17.7 Å². The van der Waals surface area contributed by atoms with Gasteiger partial charge < -0.3 is 19.9 Å². The fourth-order valence-corrected chi connectivity index (χ4v) is 1.62. The van der Waals surface area contributed by atoms with Gasteiger partial charge >= 0.3 is 0 Å². The Balaban J connectivity index is 2.29. The van der Waals surface area contributed by atoms with E-state index in [4.69, 9.17) is 19.9 Å². The van der Waals surface area contributed by atoms with E-state index >= 15 is 0 Å². The van der Waals surface area contributed by atoms with E-state index in [-0.39, 0.29) is 12.1 Å². The molecule has 0 saturated carbocycles. The summed E-state index contributed by atoms with van der Waals surface area (Å²) < 4.78 is 15.5. The molecule has 86 valence electrons.